The zero-order valence-corrected chi connectivity index (χ0v) is 9.65. The highest BCUT2D eigenvalue weighted by Crippen LogP contribution is 2.27. The molecule has 16 heavy (non-hydrogen) atoms. The van der Waals surface area contributed by atoms with Gasteiger partial charge in [0.15, 0.2) is 5.78 Å². The summed E-state index contributed by atoms with van der Waals surface area (Å²) in [5.74, 6) is 0.104. The lowest BCUT2D eigenvalue weighted by Crippen LogP contribution is -2.50. The van der Waals surface area contributed by atoms with Crippen molar-refractivity contribution in [3.63, 3.8) is 0 Å². The molecule has 1 aromatic heterocycles. The predicted molar refractivity (Wildman–Crippen MR) is 59.7 cm³/mol. The van der Waals surface area contributed by atoms with Crippen LogP contribution in [0.2, 0.25) is 0 Å². The molecule has 0 radical (unpaired) electrons. The quantitative estimate of drug-likeness (QED) is 0.812. The average Bonchev–Trinajstić information content (AvgIpc) is 2.65. The van der Waals surface area contributed by atoms with Crippen LogP contribution >= 0.6 is 0 Å². The third-order valence-electron chi connectivity index (χ3n) is 3.29. The van der Waals surface area contributed by atoms with E-state index in [2.05, 4.69) is 10.3 Å². The van der Waals surface area contributed by atoms with Crippen LogP contribution in [-0.2, 0) is 18.3 Å². The molecular formula is C11H18N4O. The van der Waals surface area contributed by atoms with Gasteiger partial charge < -0.3 is 5.73 Å². The molecule has 1 aliphatic carbocycles. The molecule has 2 rings (SSSR count). The van der Waals surface area contributed by atoms with Crippen LogP contribution in [0.5, 0.6) is 0 Å². The van der Waals surface area contributed by atoms with Crippen LogP contribution in [0, 0.1) is 0 Å². The monoisotopic (exact) mass is 222 g/mol. The summed E-state index contributed by atoms with van der Waals surface area (Å²) >= 11 is 0. The van der Waals surface area contributed by atoms with Crippen LogP contribution in [0.3, 0.4) is 0 Å². The maximum absolute atomic E-state index is 12.1. The van der Waals surface area contributed by atoms with Crippen molar-refractivity contribution in [2.24, 2.45) is 12.8 Å². The molecule has 0 unspecified atom stereocenters. The zero-order chi connectivity index (χ0) is 11.6. The number of rotatable bonds is 3. The Bertz CT molecular complexity index is 379. The normalized spacial score (nSPS) is 19.6. The van der Waals surface area contributed by atoms with Gasteiger partial charge in [0, 0.05) is 13.2 Å². The van der Waals surface area contributed by atoms with E-state index in [0.29, 0.717) is 12.1 Å². The molecule has 1 aromatic rings. The second-order valence-electron chi connectivity index (χ2n) is 4.70. The van der Waals surface area contributed by atoms with Crippen molar-refractivity contribution < 1.29 is 4.79 Å². The van der Waals surface area contributed by atoms with Gasteiger partial charge in [0.2, 0.25) is 0 Å². The maximum Gasteiger partial charge on any atom is 0.158 e. The van der Waals surface area contributed by atoms with Crippen molar-refractivity contribution in [1.82, 2.24) is 15.0 Å². The standard InChI is InChI=1S/C11H18N4O/c1-15-8-9(13-14-15)7-10(16)11(12)5-3-2-4-6-11/h8H,2-7,12H2,1H3. The third-order valence-corrected chi connectivity index (χ3v) is 3.29. The van der Waals surface area contributed by atoms with Crippen LogP contribution in [-0.4, -0.2) is 26.3 Å². The lowest BCUT2D eigenvalue weighted by molar-refractivity contribution is -0.124. The largest absolute Gasteiger partial charge is 0.319 e. The number of hydrogen-bond acceptors (Lipinski definition) is 4. The summed E-state index contributed by atoms with van der Waals surface area (Å²) in [7, 11) is 1.79. The Kier molecular flexibility index (Phi) is 3.05. The smallest absolute Gasteiger partial charge is 0.158 e. The molecule has 1 aliphatic rings. The van der Waals surface area contributed by atoms with Crippen LogP contribution in [0.25, 0.3) is 0 Å². The SMILES string of the molecule is Cn1cc(CC(=O)C2(N)CCCCC2)nn1. The van der Waals surface area contributed by atoms with Crippen LogP contribution in [0.15, 0.2) is 6.20 Å². The highest BCUT2D eigenvalue weighted by Gasteiger charge is 2.35. The molecule has 2 N–H and O–H groups in total. The van der Waals surface area contributed by atoms with Gasteiger partial charge >= 0.3 is 0 Å². The van der Waals surface area contributed by atoms with E-state index in [1.165, 1.54) is 6.42 Å². The van der Waals surface area contributed by atoms with E-state index in [1.807, 2.05) is 0 Å². The zero-order valence-electron chi connectivity index (χ0n) is 9.65. The van der Waals surface area contributed by atoms with Gasteiger partial charge in [-0.05, 0) is 12.8 Å². The summed E-state index contributed by atoms with van der Waals surface area (Å²) in [4.78, 5) is 12.1. The fourth-order valence-electron chi connectivity index (χ4n) is 2.28. The molecule has 0 saturated heterocycles. The number of nitrogens with two attached hydrogens (primary N) is 1. The van der Waals surface area contributed by atoms with E-state index >= 15 is 0 Å². The number of hydrogen-bond donors (Lipinski definition) is 1. The first-order chi connectivity index (χ1) is 7.60. The fourth-order valence-corrected chi connectivity index (χ4v) is 2.28. The lowest BCUT2D eigenvalue weighted by Gasteiger charge is -2.31. The number of Topliss-reactive ketones (excluding diaryl/α,β-unsaturated/α-hetero) is 1. The number of nitrogens with zero attached hydrogens (tertiary/aromatic N) is 3. The van der Waals surface area contributed by atoms with Gasteiger partial charge in [-0.25, -0.2) is 0 Å². The van der Waals surface area contributed by atoms with E-state index < -0.39 is 5.54 Å². The van der Waals surface area contributed by atoms with Gasteiger partial charge in [-0.1, -0.05) is 24.5 Å². The third kappa shape index (κ3) is 2.29. The molecule has 1 heterocycles. The van der Waals surface area contributed by atoms with Gasteiger partial charge in [0.1, 0.15) is 0 Å². The Balaban J connectivity index is 2.01. The minimum absolute atomic E-state index is 0.104. The van der Waals surface area contributed by atoms with Crippen molar-refractivity contribution in [1.29, 1.82) is 0 Å². The number of aromatic nitrogens is 3. The number of carbonyl (C=O) groups is 1. The van der Waals surface area contributed by atoms with Crippen molar-refractivity contribution in [2.45, 2.75) is 44.1 Å². The Morgan fingerprint density at radius 1 is 1.50 bits per heavy atom. The maximum atomic E-state index is 12.1. The number of aryl methyl sites for hydroxylation is 1. The molecule has 5 heteroatoms. The molecule has 0 bridgehead atoms. The van der Waals surface area contributed by atoms with Gasteiger partial charge in [-0.2, -0.15) is 0 Å². The summed E-state index contributed by atoms with van der Waals surface area (Å²) in [6.07, 6.45) is 7.01. The predicted octanol–water partition coefficient (Wildman–Crippen LogP) is 0.588. The van der Waals surface area contributed by atoms with Gasteiger partial charge in [0.05, 0.1) is 17.7 Å². The van der Waals surface area contributed by atoms with Gasteiger partial charge in [-0.15, -0.1) is 5.10 Å². The number of ketones is 1. The van der Waals surface area contributed by atoms with Crippen LogP contribution < -0.4 is 5.73 Å². The number of carbonyl (C=O) groups excluding carboxylic acids is 1. The summed E-state index contributed by atoms with van der Waals surface area (Å²) in [5, 5.41) is 7.73. The van der Waals surface area contributed by atoms with Crippen molar-refractivity contribution in [3.05, 3.63) is 11.9 Å². The summed E-state index contributed by atoms with van der Waals surface area (Å²) < 4.78 is 1.60. The van der Waals surface area contributed by atoms with E-state index in [9.17, 15) is 4.79 Å². The minimum Gasteiger partial charge on any atom is -0.319 e. The van der Waals surface area contributed by atoms with Crippen LogP contribution in [0.1, 0.15) is 37.8 Å². The van der Waals surface area contributed by atoms with Crippen molar-refractivity contribution in [3.8, 4) is 0 Å². The average molecular weight is 222 g/mol. The van der Waals surface area contributed by atoms with Crippen molar-refractivity contribution in [2.75, 3.05) is 0 Å². The molecule has 88 valence electrons. The van der Waals surface area contributed by atoms with Gasteiger partial charge in [0.25, 0.3) is 0 Å². The molecular weight excluding hydrogens is 204 g/mol. The Labute approximate surface area is 95.0 Å². The highest BCUT2D eigenvalue weighted by atomic mass is 16.1. The second kappa shape index (κ2) is 4.33. The highest BCUT2D eigenvalue weighted by molar-refractivity contribution is 5.89. The van der Waals surface area contributed by atoms with Crippen LogP contribution in [0.4, 0.5) is 0 Å². The van der Waals surface area contributed by atoms with E-state index in [4.69, 9.17) is 5.73 Å². The first kappa shape index (κ1) is 11.3. The second-order valence-corrected chi connectivity index (χ2v) is 4.70. The molecule has 5 nitrogen and oxygen atoms in total. The van der Waals surface area contributed by atoms with E-state index in [0.717, 1.165) is 25.7 Å². The summed E-state index contributed by atoms with van der Waals surface area (Å²) in [6, 6.07) is 0. The van der Waals surface area contributed by atoms with E-state index in [-0.39, 0.29) is 5.78 Å². The first-order valence-electron chi connectivity index (χ1n) is 5.77. The van der Waals surface area contributed by atoms with E-state index in [1.54, 1.807) is 17.9 Å². The molecule has 0 atom stereocenters. The fraction of sp³-hybridized carbons (Fsp3) is 0.727. The summed E-state index contributed by atoms with van der Waals surface area (Å²) in [5.41, 5.74) is 6.25. The van der Waals surface area contributed by atoms with Crippen molar-refractivity contribution >= 4 is 5.78 Å². The Hall–Kier alpha value is -1.23. The molecule has 0 spiro atoms. The van der Waals surface area contributed by atoms with Gasteiger partial charge in [-0.3, -0.25) is 9.48 Å². The molecule has 0 amide bonds. The molecule has 0 aromatic carbocycles. The topological polar surface area (TPSA) is 73.8 Å². The first-order valence-corrected chi connectivity index (χ1v) is 5.77. The summed E-state index contributed by atoms with van der Waals surface area (Å²) in [6.45, 7) is 0. The minimum atomic E-state index is -0.615. The molecule has 0 aliphatic heterocycles. The lowest BCUT2D eigenvalue weighted by atomic mass is 9.78. The Morgan fingerprint density at radius 2 is 2.19 bits per heavy atom. The molecule has 1 fully saturated rings. The molecule has 1 saturated carbocycles. The Morgan fingerprint density at radius 3 is 2.75 bits per heavy atom.